The molecule has 2 aromatic rings. The van der Waals surface area contributed by atoms with Crippen molar-refractivity contribution >= 4 is 5.69 Å². The number of hydrogen-bond donors (Lipinski definition) is 1. The molecule has 1 heterocycles. The summed E-state index contributed by atoms with van der Waals surface area (Å²) in [5.41, 5.74) is 10.6. The first kappa shape index (κ1) is 13.7. The zero-order valence-corrected chi connectivity index (χ0v) is 12.0. The Morgan fingerprint density at radius 1 is 1.14 bits per heavy atom. The standard InChI is InChI=1S/C18H19N3/c19-11-16(14-5-2-1-3-6-14)12-21-10-9-15-7-4-8-18(20)17(15)13-21/h1-8,16H,9-10,12-13,20H2. The van der Waals surface area contributed by atoms with Gasteiger partial charge in [0.2, 0.25) is 0 Å². The molecule has 106 valence electrons. The molecule has 0 spiro atoms. The lowest BCUT2D eigenvalue weighted by molar-refractivity contribution is 0.250. The number of fused-ring (bicyclic) bond motifs is 1. The van der Waals surface area contributed by atoms with Crippen LogP contribution in [0.5, 0.6) is 0 Å². The van der Waals surface area contributed by atoms with Gasteiger partial charge in [-0.25, -0.2) is 0 Å². The first-order valence-corrected chi connectivity index (χ1v) is 7.31. The molecule has 1 unspecified atom stereocenters. The minimum atomic E-state index is -0.0855. The highest BCUT2D eigenvalue weighted by atomic mass is 15.1. The second-order valence-electron chi connectivity index (χ2n) is 5.56. The van der Waals surface area contributed by atoms with Gasteiger partial charge < -0.3 is 5.73 Å². The number of nitrogens with two attached hydrogens (primary N) is 1. The van der Waals surface area contributed by atoms with E-state index < -0.39 is 0 Å². The zero-order valence-electron chi connectivity index (χ0n) is 12.0. The van der Waals surface area contributed by atoms with Gasteiger partial charge in [0.15, 0.2) is 0 Å². The van der Waals surface area contributed by atoms with Gasteiger partial charge in [0, 0.05) is 25.3 Å². The first-order valence-electron chi connectivity index (χ1n) is 7.31. The molecular weight excluding hydrogens is 258 g/mol. The Bertz CT molecular complexity index is 658. The van der Waals surface area contributed by atoms with Crippen LogP contribution in [0.4, 0.5) is 5.69 Å². The van der Waals surface area contributed by atoms with E-state index in [0.717, 1.165) is 37.3 Å². The Morgan fingerprint density at radius 2 is 1.95 bits per heavy atom. The lowest BCUT2D eigenvalue weighted by atomic mass is 9.95. The molecule has 3 nitrogen and oxygen atoms in total. The van der Waals surface area contributed by atoms with E-state index in [1.807, 2.05) is 42.5 Å². The fraction of sp³-hybridized carbons (Fsp3) is 0.278. The van der Waals surface area contributed by atoms with Crippen molar-refractivity contribution in [3.05, 3.63) is 65.2 Å². The molecule has 0 saturated carbocycles. The van der Waals surface area contributed by atoms with Gasteiger partial charge in [-0.3, -0.25) is 4.90 Å². The van der Waals surface area contributed by atoms with Crippen molar-refractivity contribution in [3.8, 4) is 6.07 Å². The van der Waals surface area contributed by atoms with E-state index in [0.29, 0.717) is 0 Å². The number of hydrogen-bond acceptors (Lipinski definition) is 3. The molecule has 0 saturated heterocycles. The molecule has 0 radical (unpaired) electrons. The maximum Gasteiger partial charge on any atom is 0.0839 e. The van der Waals surface area contributed by atoms with Crippen LogP contribution in [-0.2, 0) is 13.0 Å². The van der Waals surface area contributed by atoms with E-state index in [9.17, 15) is 5.26 Å². The molecule has 0 fully saturated rings. The van der Waals surface area contributed by atoms with E-state index in [-0.39, 0.29) is 5.92 Å². The van der Waals surface area contributed by atoms with Crippen molar-refractivity contribution in [3.63, 3.8) is 0 Å². The largest absolute Gasteiger partial charge is 0.398 e. The Balaban J connectivity index is 1.75. The fourth-order valence-corrected chi connectivity index (χ4v) is 2.98. The monoisotopic (exact) mass is 277 g/mol. The summed E-state index contributed by atoms with van der Waals surface area (Å²) in [6.07, 6.45) is 1.01. The molecule has 2 aromatic carbocycles. The topological polar surface area (TPSA) is 53.0 Å². The molecule has 0 aliphatic carbocycles. The third-order valence-corrected chi connectivity index (χ3v) is 4.19. The average Bonchev–Trinajstić information content (AvgIpc) is 2.54. The molecule has 21 heavy (non-hydrogen) atoms. The van der Waals surface area contributed by atoms with Crippen LogP contribution in [0.2, 0.25) is 0 Å². The highest BCUT2D eigenvalue weighted by Gasteiger charge is 2.21. The van der Waals surface area contributed by atoms with Gasteiger partial charge in [0.25, 0.3) is 0 Å². The molecule has 1 aliphatic rings. The summed E-state index contributed by atoms with van der Waals surface area (Å²) in [5.74, 6) is -0.0855. The van der Waals surface area contributed by atoms with E-state index >= 15 is 0 Å². The van der Waals surface area contributed by atoms with Crippen LogP contribution in [0.3, 0.4) is 0 Å². The number of nitrogen functional groups attached to an aromatic ring is 1. The van der Waals surface area contributed by atoms with Crippen molar-refractivity contribution < 1.29 is 0 Å². The molecular formula is C18H19N3. The van der Waals surface area contributed by atoms with Crippen LogP contribution in [0, 0.1) is 11.3 Å². The highest BCUT2D eigenvalue weighted by Crippen LogP contribution is 2.26. The van der Waals surface area contributed by atoms with Gasteiger partial charge in [-0.1, -0.05) is 42.5 Å². The maximum atomic E-state index is 9.46. The summed E-state index contributed by atoms with van der Waals surface area (Å²) >= 11 is 0. The maximum absolute atomic E-state index is 9.46. The van der Waals surface area contributed by atoms with Gasteiger partial charge in [0.05, 0.1) is 12.0 Å². The van der Waals surface area contributed by atoms with Crippen LogP contribution in [0.15, 0.2) is 48.5 Å². The summed E-state index contributed by atoms with van der Waals surface area (Å²) in [7, 11) is 0. The summed E-state index contributed by atoms with van der Waals surface area (Å²) in [4.78, 5) is 2.33. The van der Waals surface area contributed by atoms with Gasteiger partial charge in [-0.15, -0.1) is 0 Å². The molecule has 1 atom stereocenters. The van der Waals surface area contributed by atoms with Crippen molar-refractivity contribution in [1.29, 1.82) is 5.26 Å². The quantitative estimate of drug-likeness (QED) is 0.878. The summed E-state index contributed by atoms with van der Waals surface area (Å²) < 4.78 is 0. The molecule has 1 aliphatic heterocycles. The van der Waals surface area contributed by atoms with E-state index in [1.54, 1.807) is 0 Å². The van der Waals surface area contributed by atoms with Crippen molar-refractivity contribution in [2.45, 2.75) is 18.9 Å². The second-order valence-corrected chi connectivity index (χ2v) is 5.56. The van der Waals surface area contributed by atoms with Crippen LogP contribution in [-0.4, -0.2) is 18.0 Å². The first-order chi connectivity index (χ1) is 10.3. The highest BCUT2D eigenvalue weighted by molar-refractivity contribution is 5.51. The number of rotatable bonds is 3. The van der Waals surface area contributed by atoms with Crippen molar-refractivity contribution in [1.82, 2.24) is 4.90 Å². The Hall–Kier alpha value is -2.31. The molecule has 2 N–H and O–H groups in total. The zero-order chi connectivity index (χ0) is 14.7. The molecule has 3 rings (SSSR count). The molecule has 3 heteroatoms. The summed E-state index contributed by atoms with van der Waals surface area (Å²) in [6.45, 7) is 2.59. The lowest BCUT2D eigenvalue weighted by Gasteiger charge is -2.31. The van der Waals surface area contributed by atoms with Gasteiger partial charge in [0.1, 0.15) is 0 Å². The van der Waals surface area contributed by atoms with Crippen LogP contribution in [0.25, 0.3) is 0 Å². The van der Waals surface area contributed by atoms with E-state index in [1.165, 1.54) is 11.1 Å². The Kier molecular flexibility index (Phi) is 3.89. The third-order valence-electron chi connectivity index (χ3n) is 4.19. The van der Waals surface area contributed by atoms with Crippen molar-refractivity contribution in [2.24, 2.45) is 0 Å². The Labute approximate surface area is 125 Å². The minimum Gasteiger partial charge on any atom is -0.398 e. The van der Waals surface area contributed by atoms with Gasteiger partial charge in [-0.05, 0) is 29.2 Å². The van der Waals surface area contributed by atoms with Crippen LogP contribution < -0.4 is 5.73 Å². The van der Waals surface area contributed by atoms with E-state index in [2.05, 4.69) is 17.0 Å². The fourth-order valence-electron chi connectivity index (χ4n) is 2.98. The summed E-state index contributed by atoms with van der Waals surface area (Å²) in [5, 5.41) is 9.46. The number of nitrogens with zero attached hydrogens (tertiary/aromatic N) is 2. The Morgan fingerprint density at radius 3 is 2.71 bits per heavy atom. The van der Waals surface area contributed by atoms with Crippen LogP contribution in [0.1, 0.15) is 22.6 Å². The normalized spacial score (nSPS) is 16.0. The van der Waals surface area contributed by atoms with Crippen molar-refractivity contribution in [2.75, 3.05) is 18.8 Å². The predicted octanol–water partition coefficient (Wildman–Crippen LogP) is 2.93. The van der Waals surface area contributed by atoms with Crippen LogP contribution >= 0.6 is 0 Å². The molecule has 0 amide bonds. The lowest BCUT2D eigenvalue weighted by Crippen LogP contribution is -2.34. The second kappa shape index (κ2) is 5.99. The third kappa shape index (κ3) is 2.91. The van der Waals surface area contributed by atoms with Gasteiger partial charge in [-0.2, -0.15) is 5.26 Å². The number of anilines is 1. The molecule has 0 bridgehead atoms. The minimum absolute atomic E-state index is 0.0855. The summed E-state index contributed by atoms with van der Waals surface area (Å²) in [6, 6.07) is 18.6. The van der Waals surface area contributed by atoms with Gasteiger partial charge >= 0.3 is 0 Å². The molecule has 0 aromatic heterocycles. The average molecular weight is 277 g/mol. The SMILES string of the molecule is N#CC(CN1CCc2cccc(N)c2C1)c1ccccc1. The predicted molar refractivity (Wildman–Crippen MR) is 84.6 cm³/mol. The number of benzene rings is 2. The number of nitriles is 1. The smallest absolute Gasteiger partial charge is 0.0839 e. The van der Waals surface area contributed by atoms with E-state index in [4.69, 9.17) is 5.73 Å².